The lowest BCUT2D eigenvalue weighted by molar-refractivity contribution is 0.0477. The van der Waals surface area contributed by atoms with Crippen LogP contribution in [0.25, 0.3) is 0 Å². The molecule has 1 saturated heterocycles. The highest BCUT2D eigenvalue weighted by atomic mass is 16.6. The maximum absolute atomic E-state index is 11.9. The second-order valence-electron chi connectivity index (χ2n) is 7.67. The zero-order valence-electron chi connectivity index (χ0n) is 15.3. The van der Waals surface area contributed by atoms with Gasteiger partial charge in [0.15, 0.2) is 11.5 Å². The third-order valence-electron chi connectivity index (χ3n) is 4.32. The summed E-state index contributed by atoms with van der Waals surface area (Å²) in [6.45, 7) is 9.65. The predicted octanol–water partition coefficient (Wildman–Crippen LogP) is 2.95. The van der Waals surface area contributed by atoms with E-state index in [9.17, 15) is 4.79 Å². The van der Waals surface area contributed by atoms with Crippen LogP contribution in [0.4, 0.5) is 4.79 Å². The molecule has 6 nitrogen and oxygen atoms in total. The molecule has 1 fully saturated rings. The summed E-state index contributed by atoms with van der Waals surface area (Å²) in [6, 6.07) is 6.34. The van der Waals surface area contributed by atoms with Crippen molar-refractivity contribution >= 4 is 6.09 Å². The van der Waals surface area contributed by atoms with Crippen molar-refractivity contribution in [2.24, 2.45) is 0 Å². The third kappa shape index (κ3) is 5.26. The summed E-state index contributed by atoms with van der Waals surface area (Å²) in [7, 11) is 0. The highest BCUT2D eigenvalue weighted by molar-refractivity contribution is 5.68. The van der Waals surface area contributed by atoms with E-state index in [1.54, 1.807) is 0 Å². The molecule has 0 bridgehead atoms. The Morgan fingerprint density at radius 1 is 1.20 bits per heavy atom. The van der Waals surface area contributed by atoms with E-state index >= 15 is 0 Å². The molecule has 0 radical (unpaired) electrons. The van der Waals surface area contributed by atoms with Gasteiger partial charge in [0.05, 0.1) is 0 Å². The Balaban J connectivity index is 1.46. The molecular weight excluding hydrogens is 320 g/mol. The number of carbonyl (C=O) groups is 1. The first kappa shape index (κ1) is 17.9. The Morgan fingerprint density at radius 2 is 1.88 bits per heavy atom. The van der Waals surface area contributed by atoms with E-state index in [4.69, 9.17) is 14.2 Å². The number of piperidine rings is 1. The van der Waals surface area contributed by atoms with Crippen molar-refractivity contribution in [2.75, 3.05) is 26.3 Å². The highest BCUT2D eigenvalue weighted by Gasteiger charge is 2.24. The van der Waals surface area contributed by atoms with Gasteiger partial charge in [-0.1, -0.05) is 6.07 Å². The first-order chi connectivity index (χ1) is 11.9. The minimum absolute atomic E-state index is 0.186. The largest absolute Gasteiger partial charge is 0.486 e. The van der Waals surface area contributed by atoms with Crippen LogP contribution in [0.1, 0.15) is 39.2 Å². The first-order valence-corrected chi connectivity index (χ1v) is 8.99. The quantitative estimate of drug-likeness (QED) is 0.910. The fourth-order valence-corrected chi connectivity index (χ4v) is 3.15. The number of amides is 1. The number of benzene rings is 1. The van der Waals surface area contributed by atoms with Crippen molar-refractivity contribution in [1.29, 1.82) is 0 Å². The van der Waals surface area contributed by atoms with Gasteiger partial charge in [0.1, 0.15) is 18.8 Å². The zero-order valence-corrected chi connectivity index (χ0v) is 15.3. The lowest BCUT2D eigenvalue weighted by Gasteiger charge is -2.33. The van der Waals surface area contributed by atoms with Gasteiger partial charge in [-0.2, -0.15) is 0 Å². The molecule has 1 aromatic carbocycles. The van der Waals surface area contributed by atoms with Gasteiger partial charge in [0, 0.05) is 25.7 Å². The van der Waals surface area contributed by atoms with Crippen molar-refractivity contribution < 1.29 is 19.0 Å². The molecule has 1 amide bonds. The fourth-order valence-electron chi connectivity index (χ4n) is 3.15. The Labute approximate surface area is 149 Å². The number of carbonyl (C=O) groups excluding carboxylic acids is 1. The van der Waals surface area contributed by atoms with Crippen molar-refractivity contribution in [2.45, 2.75) is 51.8 Å². The molecule has 0 aliphatic carbocycles. The van der Waals surface area contributed by atoms with Gasteiger partial charge in [-0.05, 0) is 51.3 Å². The third-order valence-corrected chi connectivity index (χ3v) is 4.32. The van der Waals surface area contributed by atoms with Crippen LogP contribution in [0.2, 0.25) is 0 Å². The molecule has 0 saturated carbocycles. The number of rotatable bonds is 3. The maximum atomic E-state index is 11.9. The molecule has 6 heteroatoms. The molecule has 0 unspecified atom stereocenters. The van der Waals surface area contributed by atoms with E-state index in [2.05, 4.69) is 22.3 Å². The lowest BCUT2D eigenvalue weighted by atomic mass is 10.0. The van der Waals surface area contributed by atoms with Gasteiger partial charge in [-0.15, -0.1) is 0 Å². The molecule has 2 aliphatic heterocycles. The zero-order chi connectivity index (χ0) is 17.9. The Morgan fingerprint density at radius 3 is 2.56 bits per heavy atom. The SMILES string of the molecule is CC(C)(C)OC(=O)NC1CCN(Cc2ccc3c(c2)OCCO3)CC1. The number of nitrogens with zero attached hydrogens (tertiary/aromatic N) is 1. The number of fused-ring (bicyclic) bond motifs is 1. The second-order valence-corrected chi connectivity index (χ2v) is 7.67. The van der Waals surface area contributed by atoms with Crippen LogP contribution < -0.4 is 14.8 Å². The highest BCUT2D eigenvalue weighted by Crippen LogP contribution is 2.31. The average Bonchev–Trinajstić information content (AvgIpc) is 2.55. The summed E-state index contributed by atoms with van der Waals surface area (Å²) in [5.41, 5.74) is 0.769. The molecule has 1 N–H and O–H groups in total. The molecule has 3 rings (SSSR count). The number of nitrogens with one attached hydrogen (secondary N) is 1. The number of alkyl carbamates (subject to hydrolysis) is 1. The number of likely N-dealkylation sites (tertiary alicyclic amines) is 1. The molecule has 2 aliphatic rings. The normalized spacial score (nSPS) is 18.7. The van der Waals surface area contributed by atoms with Gasteiger partial charge in [-0.3, -0.25) is 4.90 Å². The smallest absolute Gasteiger partial charge is 0.407 e. The molecule has 0 aromatic heterocycles. The average molecular weight is 348 g/mol. The van der Waals surface area contributed by atoms with Crippen molar-refractivity contribution in [3.63, 3.8) is 0 Å². The number of hydrogen-bond donors (Lipinski definition) is 1. The second kappa shape index (κ2) is 7.52. The van der Waals surface area contributed by atoms with Crippen molar-refractivity contribution in [3.8, 4) is 11.5 Å². The number of ether oxygens (including phenoxy) is 3. The van der Waals surface area contributed by atoms with Gasteiger partial charge in [0.2, 0.25) is 0 Å². The van der Waals surface area contributed by atoms with Crippen LogP contribution in [-0.4, -0.2) is 48.9 Å². The van der Waals surface area contributed by atoms with Gasteiger partial charge in [-0.25, -0.2) is 4.79 Å². The van der Waals surface area contributed by atoms with Crippen molar-refractivity contribution in [3.05, 3.63) is 23.8 Å². The molecule has 25 heavy (non-hydrogen) atoms. The maximum Gasteiger partial charge on any atom is 0.407 e. The molecule has 138 valence electrons. The molecular formula is C19H28N2O4. The van der Waals surface area contributed by atoms with Crippen LogP contribution in [0.5, 0.6) is 11.5 Å². The summed E-state index contributed by atoms with van der Waals surface area (Å²) < 4.78 is 16.5. The minimum atomic E-state index is -0.455. The summed E-state index contributed by atoms with van der Waals surface area (Å²) >= 11 is 0. The molecule has 0 spiro atoms. The Hall–Kier alpha value is -1.95. The predicted molar refractivity (Wildman–Crippen MR) is 95.1 cm³/mol. The molecule has 2 heterocycles. The summed E-state index contributed by atoms with van der Waals surface area (Å²) in [5.74, 6) is 1.67. The standard InChI is InChI=1S/C19H28N2O4/c1-19(2,3)25-18(22)20-15-6-8-21(9-7-15)13-14-4-5-16-17(12-14)24-11-10-23-16/h4-5,12,15H,6-11,13H2,1-3H3,(H,20,22). The van der Waals surface area contributed by atoms with Crippen molar-refractivity contribution in [1.82, 2.24) is 10.2 Å². The Bertz CT molecular complexity index is 604. The summed E-state index contributed by atoms with van der Waals surface area (Å²) in [5, 5.41) is 2.98. The van der Waals surface area contributed by atoms with Crippen LogP contribution in [0, 0.1) is 0 Å². The van der Waals surface area contributed by atoms with E-state index in [-0.39, 0.29) is 12.1 Å². The monoisotopic (exact) mass is 348 g/mol. The van der Waals surface area contributed by atoms with Crippen LogP contribution >= 0.6 is 0 Å². The minimum Gasteiger partial charge on any atom is -0.486 e. The molecule has 0 atom stereocenters. The van der Waals surface area contributed by atoms with Gasteiger partial charge < -0.3 is 19.5 Å². The van der Waals surface area contributed by atoms with Crippen LogP contribution in [0.15, 0.2) is 18.2 Å². The summed E-state index contributed by atoms with van der Waals surface area (Å²) in [6.07, 6.45) is 1.55. The fraction of sp³-hybridized carbons (Fsp3) is 0.632. The molecule has 1 aromatic rings. The van der Waals surface area contributed by atoms with E-state index < -0.39 is 5.60 Å². The van der Waals surface area contributed by atoms with E-state index in [0.29, 0.717) is 13.2 Å². The van der Waals surface area contributed by atoms with E-state index in [1.807, 2.05) is 26.8 Å². The van der Waals surface area contributed by atoms with Gasteiger partial charge >= 0.3 is 6.09 Å². The number of hydrogen-bond acceptors (Lipinski definition) is 5. The van der Waals surface area contributed by atoms with E-state index in [1.165, 1.54) is 5.56 Å². The topological polar surface area (TPSA) is 60.0 Å². The van der Waals surface area contributed by atoms with Crippen LogP contribution in [-0.2, 0) is 11.3 Å². The van der Waals surface area contributed by atoms with Crippen LogP contribution in [0.3, 0.4) is 0 Å². The Kier molecular flexibility index (Phi) is 5.37. The van der Waals surface area contributed by atoms with E-state index in [0.717, 1.165) is 44.0 Å². The van der Waals surface area contributed by atoms with Gasteiger partial charge in [0.25, 0.3) is 0 Å². The summed E-state index contributed by atoms with van der Waals surface area (Å²) in [4.78, 5) is 14.3. The lowest BCUT2D eigenvalue weighted by Crippen LogP contribution is -2.45. The first-order valence-electron chi connectivity index (χ1n) is 8.99.